The summed E-state index contributed by atoms with van der Waals surface area (Å²) in [5, 5.41) is 122. The number of halogens is 2. The molecule has 120 heavy (non-hydrogen) atoms. The Hall–Kier alpha value is -10.8. The van der Waals surface area contributed by atoms with E-state index in [0.717, 1.165) is 112 Å². The zero-order chi connectivity index (χ0) is 85.7. The highest BCUT2D eigenvalue weighted by Gasteiger charge is 2.51. The summed E-state index contributed by atoms with van der Waals surface area (Å²) in [5.74, 6) is -12.4. The van der Waals surface area contributed by atoms with Gasteiger partial charge in [-0.15, -0.1) is 0 Å². The van der Waals surface area contributed by atoms with E-state index in [4.69, 9.17) is 52.6 Å². The van der Waals surface area contributed by atoms with Crippen LogP contribution >= 0.6 is 23.2 Å². The topological polar surface area (TPSA) is 508 Å². The number of phenols is 3. The number of nitrogens with one attached hydrogen (secondary N) is 10. The van der Waals surface area contributed by atoms with Crippen LogP contribution < -0.4 is 77.8 Å². The minimum Gasteiger partial charge on any atom is -0.508 e. The number of carbonyl (C=O) groups is 9. The minimum atomic E-state index is -2.33. The Bertz CT molecular complexity index is 4820. The van der Waals surface area contributed by atoms with Crippen molar-refractivity contribution in [2.45, 2.75) is 202 Å². The number of carbonyl (C=O) groups excluding carboxylic acids is 9. The van der Waals surface area contributed by atoms with E-state index in [1.807, 2.05) is 13.8 Å². The molecule has 16 rings (SSSR count). The van der Waals surface area contributed by atoms with Gasteiger partial charge in [0.15, 0.2) is 11.5 Å². The average Bonchev–Trinajstić information content (AvgIpc) is 0.755. The predicted octanol–water partition coefficient (Wildman–Crippen LogP) is 5.97. The van der Waals surface area contributed by atoms with E-state index in [9.17, 15) is 60.0 Å². The van der Waals surface area contributed by atoms with Crippen LogP contribution in [0.3, 0.4) is 0 Å². The van der Waals surface area contributed by atoms with Crippen molar-refractivity contribution in [3.63, 3.8) is 0 Å². The number of phenolic OH excluding ortho intramolecular Hbond substituents is 3. The molecular weight excluding hydrogens is 1600 g/mol. The lowest BCUT2D eigenvalue weighted by molar-refractivity contribution is -0.270. The first kappa shape index (κ1) is 87.1. The molecule has 5 fully saturated rings. The second-order valence-electron chi connectivity index (χ2n) is 32.4. The number of urea groups is 1. The number of amides is 10. The van der Waals surface area contributed by atoms with Crippen LogP contribution in [0.5, 0.6) is 51.7 Å². The van der Waals surface area contributed by atoms with E-state index in [1.54, 1.807) is 24.3 Å². The minimum absolute atomic E-state index is 0.0307. The first-order valence-electron chi connectivity index (χ1n) is 40.5. The van der Waals surface area contributed by atoms with Gasteiger partial charge in [0.1, 0.15) is 107 Å². The summed E-state index contributed by atoms with van der Waals surface area (Å²) in [5.41, 5.74) is 4.45. The number of hydrogen-bond donors (Lipinski definition) is 19. The molecule has 10 aliphatic rings. The summed E-state index contributed by atoms with van der Waals surface area (Å²) >= 11 is 14.3. The summed E-state index contributed by atoms with van der Waals surface area (Å²) in [4.78, 5) is 135. The van der Waals surface area contributed by atoms with Crippen molar-refractivity contribution in [3.05, 3.63) is 147 Å². The maximum Gasteiger partial charge on any atom is 0.315 e. The molecule has 35 heteroatoms. The van der Waals surface area contributed by atoms with Gasteiger partial charge in [-0.05, 0) is 182 Å². The third-order valence-corrected chi connectivity index (χ3v) is 24.0. The quantitative estimate of drug-likeness (QED) is 0.0328. The summed E-state index contributed by atoms with van der Waals surface area (Å²) in [6, 6.07) is 6.88. The lowest BCUT2D eigenvalue weighted by Gasteiger charge is -2.54. The van der Waals surface area contributed by atoms with Crippen molar-refractivity contribution >= 4 is 76.5 Å². The second kappa shape index (κ2) is 37.9. The van der Waals surface area contributed by atoms with Gasteiger partial charge in [0.25, 0.3) is 0 Å². The van der Waals surface area contributed by atoms with Gasteiger partial charge >= 0.3 is 6.03 Å². The van der Waals surface area contributed by atoms with Crippen molar-refractivity contribution in [2.24, 2.45) is 35.3 Å². The fraction of sp³-hybridized carbons (Fsp3) is 0.471. The average molecular weight is 1700 g/mol. The Labute approximate surface area is 700 Å². The molecule has 1 saturated heterocycles. The highest BCUT2D eigenvalue weighted by molar-refractivity contribution is 6.32. The molecule has 642 valence electrons. The molecular formula is C85H101Cl2N11O22. The normalized spacial score (nSPS) is 27.2. The number of hydrogen-bond acceptors (Lipinski definition) is 23. The van der Waals surface area contributed by atoms with Gasteiger partial charge in [0.2, 0.25) is 59.3 Å². The zero-order valence-corrected chi connectivity index (χ0v) is 67.8. The van der Waals surface area contributed by atoms with E-state index >= 15 is 24.0 Å². The number of nitrogens with two attached hydrogens (primary N) is 1. The predicted molar refractivity (Wildman–Crippen MR) is 433 cm³/mol. The Morgan fingerprint density at radius 1 is 0.608 bits per heavy atom. The molecule has 6 aromatic carbocycles. The number of primary amides is 1. The molecule has 20 N–H and O–H groups in total. The number of aliphatic hydroxyl groups is 5. The fourth-order valence-electron chi connectivity index (χ4n) is 17.4. The van der Waals surface area contributed by atoms with Gasteiger partial charge in [-0.25, -0.2) is 4.79 Å². The molecule has 0 radical (unpaired) electrons. The molecule has 15 bridgehead atoms. The van der Waals surface area contributed by atoms with Crippen molar-refractivity contribution < 1.29 is 108 Å². The summed E-state index contributed by atoms with van der Waals surface area (Å²) in [6.07, 6.45) is -3.97. The van der Waals surface area contributed by atoms with E-state index in [2.05, 4.69) is 60.1 Å². The largest absolute Gasteiger partial charge is 0.508 e. The van der Waals surface area contributed by atoms with Crippen LogP contribution in [0.15, 0.2) is 103 Å². The van der Waals surface area contributed by atoms with Crippen LogP contribution in [0.25, 0.3) is 11.1 Å². The van der Waals surface area contributed by atoms with Crippen LogP contribution in [-0.4, -0.2) is 175 Å². The maximum atomic E-state index is 16.3. The number of likely N-dealkylation sites (N-methyl/N-ethyl adjacent to an activating group) is 1. The van der Waals surface area contributed by atoms with Crippen LogP contribution in [0.4, 0.5) is 4.79 Å². The monoisotopic (exact) mass is 1700 g/mol. The van der Waals surface area contributed by atoms with Crippen molar-refractivity contribution in [3.8, 4) is 62.9 Å². The molecule has 6 aliphatic heterocycles. The van der Waals surface area contributed by atoms with E-state index < -0.39 is 197 Å². The van der Waals surface area contributed by atoms with Crippen LogP contribution in [-0.2, 0) is 49.6 Å². The molecule has 6 heterocycles. The van der Waals surface area contributed by atoms with Crippen LogP contribution in [0.1, 0.15) is 168 Å². The first-order valence-corrected chi connectivity index (χ1v) is 41.2. The number of ether oxygens (including phenoxy) is 5. The number of benzene rings is 6. The number of aliphatic hydroxyl groups excluding tert-OH is 5. The molecule has 10 amide bonds. The van der Waals surface area contributed by atoms with E-state index in [-0.39, 0.29) is 86.7 Å². The third-order valence-electron chi connectivity index (χ3n) is 23.4. The van der Waals surface area contributed by atoms with Gasteiger partial charge in [0.05, 0.1) is 29.1 Å². The smallest absolute Gasteiger partial charge is 0.315 e. The third kappa shape index (κ3) is 19.8. The number of fused-ring (bicyclic) bond motifs is 15. The molecule has 0 aromatic heterocycles. The van der Waals surface area contributed by atoms with E-state index in [0.29, 0.717) is 29.8 Å². The molecule has 14 atom stereocenters. The Kier molecular flexibility index (Phi) is 27.5. The van der Waals surface area contributed by atoms with Crippen molar-refractivity contribution in [1.29, 1.82) is 0 Å². The van der Waals surface area contributed by atoms with Gasteiger partial charge in [0, 0.05) is 36.3 Å². The Morgan fingerprint density at radius 3 is 1.86 bits per heavy atom. The number of rotatable bonds is 23. The van der Waals surface area contributed by atoms with Crippen LogP contribution in [0.2, 0.25) is 10.0 Å². The molecule has 0 spiro atoms. The molecule has 0 unspecified atom stereocenters. The molecule has 6 aromatic rings. The Morgan fingerprint density at radius 2 is 1.23 bits per heavy atom. The fourth-order valence-corrected chi connectivity index (χ4v) is 17.8. The summed E-state index contributed by atoms with van der Waals surface area (Å²) in [7, 11) is 1.49. The second-order valence-corrected chi connectivity index (χ2v) is 33.3. The van der Waals surface area contributed by atoms with E-state index in [1.165, 1.54) is 44.2 Å². The zero-order valence-electron chi connectivity index (χ0n) is 66.3. The molecule has 33 nitrogen and oxygen atoms in total. The standard InChI is InChI=1S/C85H101Cl2N11O22/c1-5-6-7-8-9-10-21-116-49-16-11-39(12-17-49)36-90-85(115)91-37-62-73(105)74(106)75(107)84(119-62)120-76-60-31-47-32-61(76)118-59-20-15-44(30-53(59)87)72(104)70-83(114)96-68(81(112)93-65-45-24-40-23-41(26-45)27-46(65)25-40)51-33-48(99)34-57(101)64(51)50-28-42(13-18-56(50)100)66(79(110)98-70)95-80(111)67(47)94-78(109)55(35-63(88)102)92-82(113)69(97-77(108)54(89-4)22-38(2)3)71(103)43-14-19-58(117-60)52(86)29-43/h11-20,28-34,38,40-41,45-46,54-55,62,65-75,84,89,99-101,103-107H,5-10,21-27,35-37H2,1-4H3,(H2,88,102)(H,92,113)(H,93,112)(H,94,109)(H,95,111)(H,96,114)(H,97,108)(H,98,110)(H2,90,91,115)/t40?,41?,45?,46?,54-,55+,62+,65?,66-,67-,68+,69-,70+,71-,72-,73+,74-,75+,84-/m1/s1. The SMILES string of the molecule is CCCCCCCCOc1ccc(CNC(=O)NC[C@@H]2O[C@H](Oc3c4cc5cc3Oc3ccc(cc3Cl)[C@@H](O)[C@@H](NC(=O)[C@@H](CC(C)C)NC)C(=O)N[C@@H](CC(N)=O)C(=O)N[C@H]5C(=O)N[C@H]3C(=O)N[C@H](C(=O)N[C@H](C(=O)NC5C6CC7CC(C6)CC5C7)c5cc(O)cc(O)c5-c5cc3ccc5O)[C@H](O)c3ccc(c(Cl)c3)O4)[C@@H](O)[C@H](O)[C@H]2O)cc1. The van der Waals surface area contributed by atoms with Gasteiger partial charge in [-0.1, -0.05) is 106 Å². The van der Waals surface area contributed by atoms with Gasteiger partial charge < -0.3 is 123 Å². The first-order chi connectivity index (χ1) is 57.4. The van der Waals surface area contributed by atoms with Crippen molar-refractivity contribution in [2.75, 3.05) is 20.2 Å². The summed E-state index contributed by atoms with van der Waals surface area (Å²) < 4.78 is 32.0. The molecule has 4 aliphatic carbocycles. The number of aromatic hydroxyl groups is 3. The highest BCUT2D eigenvalue weighted by Crippen LogP contribution is 2.55. The van der Waals surface area contributed by atoms with Gasteiger partial charge in [-0.3, -0.25) is 38.4 Å². The lowest BCUT2D eigenvalue weighted by Crippen LogP contribution is -2.61. The Balaban J connectivity index is 0.924. The summed E-state index contributed by atoms with van der Waals surface area (Å²) in [6.45, 7) is 5.85. The highest BCUT2D eigenvalue weighted by atomic mass is 35.5. The lowest BCUT2D eigenvalue weighted by atomic mass is 9.54. The maximum absolute atomic E-state index is 16.3. The number of unbranched alkanes of at least 4 members (excludes halogenated alkanes) is 5. The van der Waals surface area contributed by atoms with Crippen LogP contribution in [0, 0.1) is 29.6 Å². The molecule has 4 saturated carbocycles. The van der Waals surface area contributed by atoms with Crippen molar-refractivity contribution in [1.82, 2.24) is 53.2 Å². The van der Waals surface area contributed by atoms with Gasteiger partial charge in [-0.2, -0.15) is 0 Å².